The van der Waals surface area contributed by atoms with Gasteiger partial charge in [0, 0.05) is 12.3 Å². The molecular formula is C6H11ClO4. The van der Waals surface area contributed by atoms with Crippen molar-refractivity contribution in [3.05, 3.63) is 0 Å². The van der Waals surface area contributed by atoms with Crippen LogP contribution in [-0.2, 0) is 4.79 Å². The van der Waals surface area contributed by atoms with Gasteiger partial charge in [-0.05, 0) is 6.92 Å². The average Bonchev–Trinajstić information content (AvgIpc) is 1.86. The fraction of sp³-hybridized carbons (Fsp3) is 0.833. The second-order valence-electron chi connectivity index (χ2n) is 2.68. The van der Waals surface area contributed by atoms with Crippen LogP contribution in [0.2, 0.25) is 0 Å². The van der Waals surface area contributed by atoms with Gasteiger partial charge in [-0.15, -0.1) is 11.6 Å². The predicted molar refractivity (Wildman–Crippen MR) is 39.3 cm³/mol. The quantitative estimate of drug-likeness (QED) is 0.423. The van der Waals surface area contributed by atoms with Crippen LogP contribution >= 0.6 is 11.6 Å². The van der Waals surface area contributed by atoms with E-state index >= 15 is 0 Å². The van der Waals surface area contributed by atoms with Crippen molar-refractivity contribution in [2.45, 2.75) is 19.6 Å². The van der Waals surface area contributed by atoms with Crippen molar-refractivity contribution in [1.82, 2.24) is 0 Å². The minimum atomic E-state index is -1.63. The van der Waals surface area contributed by atoms with Crippen LogP contribution < -0.4 is 0 Å². The van der Waals surface area contributed by atoms with Crippen LogP contribution in [0, 0.1) is 5.41 Å². The molecule has 0 saturated heterocycles. The summed E-state index contributed by atoms with van der Waals surface area (Å²) in [6, 6.07) is 0. The molecule has 0 bridgehead atoms. The summed E-state index contributed by atoms with van der Waals surface area (Å²) in [4.78, 5) is 10.5. The van der Waals surface area contributed by atoms with Crippen molar-refractivity contribution < 1.29 is 20.1 Å². The molecule has 0 aliphatic carbocycles. The zero-order valence-corrected chi connectivity index (χ0v) is 6.88. The molecule has 3 N–H and O–H groups in total. The molecule has 0 aromatic carbocycles. The van der Waals surface area contributed by atoms with Crippen molar-refractivity contribution in [3.63, 3.8) is 0 Å². The Bertz CT molecular complexity index is 148. The Balaban J connectivity index is 4.22. The van der Waals surface area contributed by atoms with Gasteiger partial charge in [-0.3, -0.25) is 4.79 Å². The molecule has 0 radical (unpaired) electrons. The van der Waals surface area contributed by atoms with Crippen LogP contribution in [0.1, 0.15) is 13.3 Å². The lowest BCUT2D eigenvalue weighted by atomic mass is 9.89. The Morgan fingerprint density at radius 3 is 2.18 bits per heavy atom. The van der Waals surface area contributed by atoms with Gasteiger partial charge in [0.1, 0.15) is 0 Å². The molecule has 5 heteroatoms. The van der Waals surface area contributed by atoms with Gasteiger partial charge >= 0.3 is 5.97 Å². The molecule has 0 rings (SSSR count). The Morgan fingerprint density at radius 1 is 1.64 bits per heavy atom. The number of rotatable bonds is 4. The monoisotopic (exact) mass is 182 g/mol. The lowest BCUT2D eigenvalue weighted by molar-refractivity contribution is -0.153. The van der Waals surface area contributed by atoms with Crippen molar-refractivity contribution >= 4 is 17.6 Å². The smallest absolute Gasteiger partial charge is 0.310 e. The standard InChI is InChI=1S/C6H11ClO4/c1-6(3-7,5(10)11)2-4(8)9/h4,8-9H,2-3H2,1H3,(H,10,11). The largest absolute Gasteiger partial charge is 0.481 e. The second kappa shape index (κ2) is 3.90. The molecule has 4 nitrogen and oxygen atoms in total. The van der Waals surface area contributed by atoms with Crippen LogP contribution in [-0.4, -0.2) is 33.5 Å². The lowest BCUT2D eigenvalue weighted by Gasteiger charge is -2.22. The molecule has 0 spiro atoms. The number of aliphatic hydroxyl groups is 2. The number of aliphatic hydroxyl groups excluding tert-OH is 1. The molecule has 0 aliphatic rings. The van der Waals surface area contributed by atoms with Crippen LogP contribution in [0.25, 0.3) is 0 Å². The number of carbonyl (C=O) groups is 1. The Labute approximate surface area is 69.4 Å². The molecule has 0 aliphatic heterocycles. The van der Waals surface area contributed by atoms with E-state index in [1.807, 2.05) is 0 Å². The number of hydrogen-bond acceptors (Lipinski definition) is 3. The van der Waals surface area contributed by atoms with Crippen LogP contribution in [0.5, 0.6) is 0 Å². The van der Waals surface area contributed by atoms with E-state index in [1.165, 1.54) is 6.92 Å². The van der Waals surface area contributed by atoms with E-state index in [1.54, 1.807) is 0 Å². The SMILES string of the molecule is CC(CCl)(CC(O)O)C(=O)O. The summed E-state index contributed by atoms with van der Waals surface area (Å²) in [6.07, 6.45) is -1.89. The number of carboxylic acids is 1. The van der Waals surface area contributed by atoms with E-state index < -0.39 is 17.7 Å². The van der Waals surface area contributed by atoms with Gasteiger partial charge in [0.25, 0.3) is 0 Å². The van der Waals surface area contributed by atoms with Crippen molar-refractivity contribution in [2.75, 3.05) is 5.88 Å². The predicted octanol–water partition coefficient (Wildman–Crippen LogP) is 0.0169. The first-order chi connectivity index (χ1) is 4.92. The molecule has 11 heavy (non-hydrogen) atoms. The summed E-state index contributed by atoms with van der Waals surface area (Å²) in [5.74, 6) is -1.26. The third-order valence-corrected chi connectivity index (χ3v) is 2.03. The first-order valence-electron chi connectivity index (χ1n) is 3.08. The number of halogens is 1. The Hall–Kier alpha value is -0.320. The molecule has 0 aromatic rings. The highest BCUT2D eigenvalue weighted by Crippen LogP contribution is 2.24. The number of aliphatic carboxylic acids is 1. The molecule has 0 amide bonds. The lowest BCUT2D eigenvalue weighted by Crippen LogP contribution is -2.33. The summed E-state index contributed by atoms with van der Waals surface area (Å²) in [6.45, 7) is 1.36. The van der Waals surface area contributed by atoms with Gasteiger partial charge in [-0.25, -0.2) is 0 Å². The van der Waals surface area contributed by atoms with E-state index in [4.69, 9.17) is 26.9 Å². The summed E-state index contributed by atoms with van der Waals surface area (Å²) >= 11 is 5.34. The summed E-state index contributed by atoms with van der Waals surface area (Å²) < 4.78 is 0. The van der Waals surface area contributed by atoms with Crippen LogP contribution in [0.15, 0.2) is 0 Å². The van der Waals surface area contributed by atoms with E-state index in [9.17, 15) is 4.79 Å². The highest BCUT2D eigenvalue weighted by atomic mass is 35.5. The van der Waals surface area contributed by atoms with Gasteiger partial charge in [0.15, 0.2) is 6.29 Å². The maximum absolute atomic E-state index is 10.5. The van der Waals surface area contributed by atoms with Gasteiger partial charge in [-0.2, -0.15) is 0 Å². The molecule has 0 heterocycles. The molecule has 1 atom stereocenters. The Kier molecular flexibility index (Phi) is 3.78. The van der Waals surface area contributed by atoms with E-state index in [-0.39, 0.29) is 12.3 Å². The zero-order chi connectivity index (χ0) is 9.07. The second-order valence-corrected chi connectivity index (χ2v) is 2.95. The van der Waals surface area contributed by atoms with Crippen molar-refractivity contribution in [3.8, 4) is 0 Å². The maximum atomic E-state index is 10.5. The van der Waals surface area contributed by atoms with Crippen molar-refractivity contribution in [2.24, 2.45) is 5.41 Å². The highest BCUT2D eigenvalue weighted by Gasteiger charge is 2.34. The van der Waals surface area contributed by atoms with E-state index in [2.05, 4.69) is 0 Å². The summed E-state index contributed by atoms with van der Waals surface area (Å²) in [5.41, 5.74) is -1.25. The molecule has 0 aromatic heterocycles. The zero-order valence-electron chi connectivity index (χ0n) is 6.12. The van der Waals surface area contributed by atoms with Crippen LogP contribution in [0.4, 0.5) is 0 Å². The van der Waals surface area contributed by atoms with Gasteiger partial charge < -0.3 is 15.3 Å². The maximum Gasteiger partial charge on any atom is 0.310 e. The van der Waals surface area contributed by atoms with E-state index in [0.29, 0.717) is 0 Å². The molecule has 0 saturated carbocycles. The Morgan fingerprint density at radius 2 is 2.09 bits per heavy atom. The third-order valence-electron chi connectivity index (χ3n) is 1.44. The minimum Gasteiger partial charge on any atom is -0.481 e. The number of hydrogen-bond donors (Lipinski definition) is 3. The summed E-state index contributed by atoms with van der Waals surface area (Å²) in [7, 11) is 0. The minimum absolute atomic E-state index is 0.139. The van der Waals surface area contributed by atoms with Crippen LogP contribution in [0.3, 0.4) is 0 Å². The summed E-state index contributed by atoms with van der Waals surface area (Å²) in [5, 5.41) is 25.6. The third kappa shape index (κ3) is 3.05. The van der Waals surface area contributed by atoms with Gasteiger partial charge in [0.05, 0.1) is 5.41 Å². The first-order valence-corrected chi connectivity index (χ1v) is 3.61. The number of carboxylic acid groups (broad SMARTS) is 1. The fourth-order valence-corrected chi connectivity index (χ4v) is 0.825. The molecule has 0 fully saturated rings. The normalized spacial score (nSPS) is 16.5. The first kappa shape index (κ1) is 10.7. The molecular weight excluding hydrogens is 172 g/mol. The topological polar surface area (TPSA) is 77.8 Å². The highest BCUT2D eigenvalue weighted by molar-refractivity contribution is 6.19. The fourth-order valence-electron chi connectivity index (χ4n) is 0.602. The van der Waals surface area contributed by atoms with Gasteiger partial charge in [0.2, 0.25) is 0 Å². The van der Waals surface area contributed by atoms with Crippen molar-refractivity contribution in [1.29, 1.82) is 0 Å². The molecule has 1 unspecified atom stereocenters. The average molecular weight is 183 g/mol. The number of alkyl halides is 1. The van der Waals surface area contributed by atoms with Gasteiger partial charge in [-0.1, -0.05) is 0 Å². The van der Waals surface area contributed by atoms with E-state index in [0.717, 1.165) is 0 Å². The molecule has 66 valence electrons.